The molecule has 1 aliphatic carbocycles. The van der Waals surface area contributed by atoms with E-state index < -0.39 is 0 Å². The zero-order chi connectivity index (χ0) is 10.8. The minimum atomic E-state index is -0.314. The highest BCUT2D eigenvalue weighted by molar-refractivity contribution is 5.86. The van der Waals surface area contributed by atoms with Crippen LogP contribution in [0.25, 0.3) is 0 Å². The third kappa shape index (κ3) is 1.98. The van der Waals surface area contributed by atoms with Crippen molar-refractivity contribution in [2.45, 2.75) is 25.7 Å². The Morgan fingerprint density at radius 3 is 2.27 bits per heavy atom. The average molecular weight is 211 g/mol. The molecule has 15 heavy (non-hydrogen) atoms. The van der Waals surface area contributed by atoms with Gasteiger partial charge in [-0.1, -0.05) is 12.8 Å². The van der Waals surface area contributed by atoms with Crippen LogP contribution in [0.15, 0.2) is 0 Å². The van der Waals surface area contributed by atoms with Crippen molar-refractivity contribution < 1.29 is 14.3 Å². The molecule has 0 atom stereocenters. The molecule has 2 fully saturated rings. The number of methoxy groups -OCH3 is 1. The molecule has 1 saturated heterocycles. The molecule has 2 rings (SSSR count). The van der Waals surface area contributed by atoms with Gasteiger partial charge in [0, 0.05) is 19.0 Å². The molecule has 4 nitrogen and oxygen atoms in total. The van der Waals surface area contributed by atoms with Gasteiger partial charge in [-0.25, -0.2) is 4.79 Å². The Hall–Kier alpha value is -1.06. The van der Waals surface area contributed by atoms with E-state index in [0.717, 1.165) is 12.8 Å². The fourth-order valence-electron chi connectivity index (χ4n) is 2.48. The molecular weight excluding hydrogens is 194 g/mol. The molecule has 1 saturated carbocycles. The number of carbonyl (C=O) groups is 2. The SMILES string of the molecule is COC(=O)N1CC(C(=O)C2CCCC2)C1. The summed E-state index contributed by atoms with van der Waals surface area (Å²) < 4.78 is 4.58. The van der Waals surface area contributed by atoms with Crippen LogP contribution in [0.4, 0.5) is 4.79 Å². The van der Waals surface area contributed by atoms with Crippen LogP contribution in [0.5, 0.6) is 0 Å². The van der Waals surface area contributed by atoms with Gasteiger partial charge in [0.25, 0.3) is 0 Å². The van der Waals surface area contributed by atoms with E-state index in [2.05, 4.69) is 4.74 Å². The number of hydrogen-bond donors (Lipinski definition) is 0. The summed E-state index contributed by atoms with van der Waals surface area (Å²) in [5.41, 5.74) is 0. The first kappa shape index (κ1) is 10.5. The molecule has 0 unspecified atom stereocenters. The normalized spacial score (nSPS) is 22.6. The maximum atomic E-state index is 11.9. The summed E-state index contributed by atoms with van der Waals surface area (Å²) in [7, 11) is 1.37. The largest absolute Gasteiger partial charge is 0.453 e. The molecule has 84 valence electrons. The predicted octanol–water partition coefficient (Wildman–Crippen LogP) is 1.44. The molecule has 0 aromatic heterocycles. The maximum absolute atomic E-state index is 11.9. The lowest BCUT2D eigenvalue weighted by Crippen LogP contribution is -2.54. The molecule has 1 amide bonds. The minimum absolute atomic E-state index is 0.0761. The first-order valence-electron chi connectivity index (χ1n) is 5.59. The lowest BCUT2D eigenvalue weighted by atomic mass is 9.86. The van der Waals surface area contributed by atoms with Gasteiger partial charge in [0.1, 0.15) is 5.78 Å². The Morgan fingerprint density at radius 2 is 1.73 bits per heavy atom. The van der Waals surface area contributed by atoms with Crippen molar-refractivity contribution in [2.75, 3.05) is 20.2 Å². The summed E-state index contributed by atoms with van der Waals surface area (Å²) in [6, 6.07) is 0. The highest BCUT2D eigenvalue weighted by atomic mass is 16.5. The molecule has 0 aromatic rings. The number of rotatable bonds is 2. The zero-order valence-corrected chi connectivity index (χ0v) is 9.07. The van der Waals surface area contributed by atoms with Crippen LogP contribution in [0.3, 0.4) is 0 Å². The first-order chi connectivity index (χ1) is 7.22. The van der Waals surface area contributed by atoms with E-state index in [9.17, 15) is 9.59 Å². The van der Waals surface area contributed by atoms with Gasteiger partial charge in [-0.3, -0.25) is 4.79 Å². The van der Waals surface area contributed by atoms with Gasteiger partial charge in [-0.15, -0.1) is 0 Å². The molecule has 1 heterocycles. The smallest absolute Gasteiger partial charge is 0.409 e. The third-order valence-electron chi connectivity index (χ3n) is 3.47. The van der Waals surface area contributed by atoms with Crippen molar-refractivity contribution >= 4 is 11.9 Å². The minimum Gasteiger partial charge on any atom is -0.453 e. The summed E-state index contributed by atoms with van der Waals surface area (Å²) in [6.07, 6.45) is 4.15. The second-order valence-electron chi connectivity index (χ2n) is 4.46. The number of likely N-dealkylation sites (tertiary alicyclic amines) is 1. The second kappa shape index (κ2) is 4.21. The van der Waals surface area contributed by atoms with Crippen LogP contribution < -0.4 is 0 Å². The summed E-state index contributed by atoms with van der Waals surface area (Å²) in [6.45, 7) is 1.12. The molecule has 4 heteroatoms. The summed E-state index contributed by atoms with van der Waals surface area (Å²) in [4.78, 5) is 24.6. The van der Waals surface area contributed by atoms with Gasteiger partial charge in [0.05, 0.1) is 13.0 Å². The van der Waals surface area contributed by atoms with Crippen LogP contribution in [-0.2, 0) is 9.53 Å². The lowest BCUT2D eigenvalue weighted by molar-refractivity contribution is -0.130. The number of ether oxygens (including phenoxy) is 1. The van der Waals surface area contributed by atoms with E-state index in [1.54, 1.807) is 4.90 Å². The van der Waals surface area contributed by atoms with Crippen molar-refractivity contribution in [3.63, 3.8) is 0 Å². The molecular formula is C11H17NO3. The number of Topliss-reactive ketones (excluding diaryl/α,β-unsaturated/α-hetero) is 1. The Bertz CT molecular complexity index is 265. The second-order valence-corrected chi connectivity index (χ2v) is 4.46. The number of amides is 1. The van der Waals surface area contributed by atoms with Crippen molar-refractivity contribution in [3.05, 3.63) is 0 Å². The van der Waals surface area contributed by atoms with Gasteiger partial charge in [0.15, 0.2) is 0 Å². The monoisotopic (exact) mass is 211 g/mol. The van der Waals surface area contributed by atoms with Crippen LogP contribution in [0.1, 0.15) is 25.7 Å². The Kier molecular flexibility index (Phi) is 2.93. The fraction of sp³-hybridized carbons (Fsp3) is 0.818. The van der Waals surface area contributed by atoms with Crippen molar-refractivity contribution in [2.24, 2.45) is 11.8 Å². The summed E-state index contributed by atoms with van der Waals surface area (Å²) in [5, 5.41) is 0. The van der Waals surface area contributed by atoms with Crippen molar-refractivity contribution in [1.82, 2.24) is 4.90 Å². The highest BCUT2D eigenvalue weighted by Gasteiger charge is 2.39. The first-order valence-corrected chi connectivity index (χ1v) is 5.59. The number of ketones is 1. The number of hydrogen-bond acceptors (Lipinski definition) is 3. The topological polar surface area (TPSA) is 46.6 Å². The average Bonchev–Trinajstić information content (AvgIpc) is 2.67. The van der Waals surface area contributed by atoms with E-state index in [1.165, 1.54) is 20.0 Å². The molecule has 2 aliphatic rings. The standard InChI is InChI=1S/C11H17NO3/c1-15-11(14)12-6-9(7-12)10(13)8-4-2-3-5-8/h8-9H,2-7H2,1H3. The van der Waals surface area contributed by atoms with Gasteiger partial charge >= 0.3 is 6.09 Å². The van der Waals surface area contributed by atoms with E-state index in [4.69, 9.17) is 0 Å². The maximum Gasteiger partial charge on any atom is 0.409 e. The van der Waals surface area contributed by atoms with Crippen LogP contribution in [0.2, 0.25) is 0 Å². The molecule has 0 spiro atoms. The Morgan fingerprint density at radius 1 is 1.13 bits per heavy atom. The molecule has 0 bridgehead atoms. The van der Waals surface area contributed by atoms with Crippen LogP contribution in [-0.4, -0.2) is 37.0 Å². The van der Waals surface area contributed by atoms with Crippen LogP contribution in [0, 0.1) is 11.8 Å². The van der Waals surface area contributed by atoms with E-state index >= 15 is 0 Å². The molecule has 0 radical (unpaired) electrons. The number of nitrogens with zero attached hydrogens (tertiary/aromatic N) is 1. The Balaban J connectivity index is 1.78. The van der Waals surface area contributed by atoms with E-state index in [0.29, 0.717) is 18.9 Å². The van der Waals surface area contributed by atoms with Crippen molar-refractivity contribution in [1.29, 1.82) is 0 Å². The van der Waals surface area contributed by atoms with Gasteiger partial charge in [-0.2, -0.15) is 0 Å². The van der Waals surface area contributed by atoms with E-state index in [1.807, 2.05) is 0 Å². The van der Waals surface area contributed by atoms with Crippen LogP contribution >= 0.6 is 0 Å². The van der Waals surface area contributed by atoms with Gasteiger partial charge < -0.3 is 9.64 Å². The highest BCUT2D eigenvalue weighted by Crippen LogP contribution is 2.30. The predicted molar refractivity (Wildman–Crippen MR) is 54.4 cm³/mol. The number of carbonyl (C=O) groups excluding carboxylic acids is 2. The van der Waals surface area contributed by atoms with Crippen molar-refractivity contribution in [3.8, 4) is 0 Å². The lowest BCUT2D eigenvalue weighted by Gasteiger charge is -2.38. The van der Waals surface area contributed by atoms with Gasteiger partial charge in [-0.05, 0) is 12.8 Å². The van der Waals surface area contributed by atoms with E-state index in [-0.39, 0.29) is 17.9 Å². The molecule has 1 aliphatic heterocycles. The molecule has 0 aromatic carbocycles. The quantitative estimate of drug-likeness (QED) is 0.694. The fourth-order valence-corrected chi connectivity index (χ4v) is 2.48. The zero-order valence-electron chi connectivity index (χ0n) is 9.07. The van der Waals surface area contributed by atoms with Gasteiger partial charge in [0.2, 0.25) is 0 Å². The summed E-state index contributed by atoms with van der Waals surface area (Å²) in [5.74, 6) is 0.717. The Labute approximate surface area is 89.6 Å². The third-order valence-corrected chi connectivity index (χ3v) is 3.47. The molecule has 0 N–H and O–H groups in total. The summed E-state index contributed by atoms with van der Waals surface area (Å²) >= 11 is 0.